The summed E-state index contributed by atoms with van der Waals surface area (Å²) in [5, 5.41) is 8.98. The highest BCUT2D eigenvalue weighted by Gasteiger charge is 2.35. The van der Waals surface area contributed by atoms with Gasteiger partial charge in [-0.2, -0.15) is 0 Å². The quantitative estimate of drug-likeness (QED) is 0.820. The Morgan fingerprint density at radius 2 is 2.24 bits per heavy atom. The molecule has 0 aromatic carbocycles. The maximum absolute atomic E-state index is 12.0. The van der Waals surface area contributed by atoms with Crippen molar-refractivity contribution < 1.29 is 14.7 Å². The van der Waals surface area contributed by atoms with Gasteiger partial charge in [0.1, 0.15) is 11.7 Å². The van der Waals surface area contributed by atoms with Crippen molar-refractivity contribution in [2.45, 2.75) is 13.0 Å². The van der Waals surface area contributed by atoms with Crippen LogP contribution in [0.4, 0.5) is 0 Å². The second-order valence-electron chi connectivity index (χ2n) is 3.67. The number of rotatable bonds is 2. The van der Waals surface area contributed by atoms with Gasteiger partial charge < -0.3 is 10.0 Å². The van der Waals surface area contributed by atoms with E-state index in [2.05, 4.69) is 9.97 Å². The van der Waals surface area contributed by atoms with E-state index in [-0.39, 0.29) is 11.6 Å². The van der Waals surface area contributed by atoms with E-state index in [1.807, 2.05) is 0 Å². The molecule has 2 rings (SSSR count). The largest absolute Gasteiger partial charge is 0.480 e. The number of carboxylic acids is 1. The van der Waals surface area contributed by atoms with Gasteiger partial charge in [-0.1, -0.05) is 0 Å². The normalized spacial score (nSPS) is 19.4. The first-order valence-electron chi connectivity index (χ1n) is 5.00. The fourth-order valence-corrected chi connectivity index (χ4v) is 2.64. The van der Waals surface area contributed by atoms with Gasteiger partial charge in [-0.25, -0.2) is 9.78 Å². The first-order valence-corrected chi connectivity index (χ1v) is 6.15. The Hall–Kier alpha value is -1.63. The molecule has 1 unspecified atom stereocenters. The van der Waals surface area contributed by atoms with Crippen LogP contribution in [0.15, 0.2) is 12.4 Å². The molecule has 2 heterocycles. The molecule has 90 valence electrons. The van der Waals surface area contributed by atoms with Crippen LogP contribution in [0.3, 0.4) is 0 Å². The predicted octanol–water partition coefficient (Wildman–Crippen LogP) is 0.385. The lowest BCUT2D eigenvalue weighted by molar-refractivity contribution is -0.140. The van der Waals surface area contributed by atoms with Gasteiger partial charge >= 0.3 is 5.97 Å². The zero-order chi connectivity index (χ0) is 12.4. The molecule has 1 aromatic heterocycles. The van der Waals surface area contributed by atoms with Gasteiger partial charge in [-0.15, -0.1) is 11.8 Å². The number of thioether (sulfide) groups is 1. The lowest BCUT2D eigenvalue weighted by Gasteiger charge is -2.19. The van der Waals surface area contributed by atoms with Gasteiger partial charge in [0.2, 0.25) is 0 Å². The maximum atomic E-state index is 12.0. The van der Waals surface area contributed by atoms with Crippen molar-refractivity contribution in [3.05, 3.63) is 23.8 Å². The molecule has 6 nitrogen and oxygen atoms in total. The summed E-state index contributed by atoms with van der Waals surface area (Å²) in [6.07, 6.45) is 2.87. The molecule has 0 bridgehead atoms. The average molecular weight is 253 g/mol. The Morgan fingerprint density at radius 1 is 1.47 bits per heavy atom. The number of hydrogen-bond donors (Lipinski definition) is 1. The van der Waals surface area contributed by atoms with E-state index in [1.165, 1.54) is 29.1 Å². The van der Waals surface area contributed by atoms with Crippen molar-refractivity contribution in [1.29, 1.82) is 0 Å². The zero-order valence-electron chi connectivity index (χ0n) is 9.16. The molecular formula is C10H11N3O3S. The smallest absolute Gasteiger partial charge is 0.327 e. The second-order valence-corrected chi connectivity index (χ2v) is 4.67. The van der Waals surface area contributed by atoms with E-state index < -0.39 is 12.0 Å². The number of amides is 1. The summed E-state index contributed by atoms with van der Waals surface area (Å²) in [7, 11) is 0. The number of aliphatic carboxylic acids is 1. The number of hydrogen-bond acceptors (Lipinski definition) is 5. The van der Waals surface area contributed by atoms with E-state index >= 15 is 0 Å². The monoisotopic (exact) mass is 253 g/mol. The Labute approximate surface area is 102 Å². The minimum absolute atomic E-state index is 0.185. The van der Waals surface area contributed by atoms with Gasteiger partial charge in [-0.05, 0) is 6.92 Å². The van der Waals surface area contributed by atoms with E-state index in [4.69, 9.17) is 5.11 Å². The number of carbonyl (C=O) groups excluding carboxylic acids is 1. The van der Waals surface area contributed by atoms with Crippen LogP contribution >= 0.6 is 11.8 Å². The van der Waals surface area contributed by atoms with Crippen LogP contribution in [0.2, 0.25) is 0 Å². The predicted molar refractivity (Wildman–Crippen MR) is 61.7 cm³/mol. The fourth-order valence-electron chi connectivity index (χ4n) is 1.50. The number of carboxylic acid groups (broad SMARTS) is 1. The first-order chi connectivity index (χ1) is 8.09. The third kappa shape index (κ3) is 2.38. The molecule has 0 saturated carbocycles. The number of aromatic nitrogens is 2. The Morgan fingerprint density at radius 3 is 2.82 bits per heavy atom. The summed E-state index contributed by atoms with van der Waals surface area (Å²) in [6, 6.07) is -0.768. The van der Waals surface area contributed by atoms with E-state index in [9.17, 15) is 9.59 Å². The molecule has 0 radical (unpaired) electrons. The van der Waals surface area contributed by atoms with Crippen LogP contribution in [0.5, 0.6) is 0 Å². The number of nitrogens with zero attached hydrogens (tertiary/aromatic N) is 3. The fraction of sp³-hybridized carbons (Fsp3) is 0.400. The van der Waals surface area contributed by atoms with E-state index in [0.29, 0.717) is 17.3 Å². The van der Waals surface area contributed by atoms with Crippen molar-refractivity contribution in [3.63, 3.8) is 0 Å². The molecular weight excluding hydrogens is 242 g/mol. The van der Waals surface area contributed by atoms with Gasteiger partial charge in [0.15, 0.2) is 0 Å². The van der Waals surface area contributed by atoms with E-state index in [1.54, 1.807) is 6.92 Å². The SMILES string of the molecule is Cc1cnc(C(=O)N2CSCC2C(=O)O)cn1. The minimum Gasteiger partial charge on any atom is -0.480 e. The van der Waals surface area contributed by atoms with Crippen molar-refractivity contribution in [3.8, 4) is 0 Å². The molecule has 1 saturated heterocycles. The molecule has 1 aliphatic heterocycles. The lowest BCUT2D eigenvalue weighted by Crippen LogP contribution is -2.42. The number of aryl methyl sites for hydroxylation is 1. The standard InChI is InChI=1S/C10H11N3O3S/c1-6-2-12-7(3-11-6)9(14)13-5-17-4-8(13)10(15)16/h2-3,8H,4-5H2,1H3,(H,15,16). The van der Waals surface area contributed by atoms with Crippen LogP contribution in [0, 0.1) is 6.92 Å². The molecule has 0 aliphatic carbocycles. The summed E-state index contributed by atoms with van der Waals surface area (Å²) in [6.45, 7) is 1.77. The Bertz CT molecular complexity index is 449. The van der Waals surface area contributed by atoms with Crippen LogP contribution in [-0.4, -0.2) is 49.5 Å². The van der Waals surface area contributed by atoms with Crippen molar-refractivity contribution in [2.75, 3.05) is 11.6 Å². The molecule has 1 fully saturated rings. The molecule has 1 aromatic rings. The molecule has 1 N–H and O–H groups in total. The van der Waals surface area contributed by atoms with Gasteiger partial charge in [-0.3, -0.25) is 9.78 Å². The topological polar surface area (TPSA) is 83.4 Å². The molecule has 1 aliphatic rings. The molecule has 1 amide bonds. The van der Waals surface area contributed by atoms with Crippen molar-refractivity contribution in [2.24, 2.45) is 0 Å². The van der Waals surface area contributed by atoms with Gasteiger partial charge in [0.25, 0.3) is 5.91 Å². The van der Waals surface area contributed by atoms with Crippen LogP contribution in [0.25, 0.3) is 0 Å². The third-order valence-electron chi connectivity index (χ3n) is 2.43. The second kappa shape index (κ2) is 4.70. The lowest BCUT2D eigenvalue weighted by atomic mass is 10.2. The van der Waals surface area contributed by atoms with Crippen LogP contribution < -0.4 is 0 Å². The highest BCUT2D eigenvalue weighted by atomic mass is 32.2. The molecule has 17 heavy (non-hydrogen) atoms. The maximum Gasteiger partial charge on any atom is 0.327 e. The zero-order valence-corrected chi connectivity index (χ0v) is 9.98. The van der Waals surface area contributed by atoms with Crippen LogP contribution in [0.1, 0.15) is 16.2 Å². The molecule has 0 spiro atoms. The van der Waals surface area contributed by atoms with Gasteiger partial charge in [0.05, 0.1) is 17.8 Å². The Balaban J connectivity index is 2.19. The minimum atomic E-state index is -0.983. The third-order valence-corrected chi connectivity index (χ3v) is 3.44. The highest BCUT2D eigenvalue weighted by molar-refractivity contribution is 7.99. The summed E-state index contributed by atoms with van der Waals surface area (Å²) < 4.78 is 0. The first kappa shape index (κ1) is 11.8. The Kier molecular flexibility index (Phi) is 3.28. The number of carbonyl (C=O) groups is 2. The van der Waals surface area contributed by atoms with Crippen LogP contribution in [-0.2, 0) is 4.79 Å². The molecule has 1 atom stereocenters. The summed E-state index contributed by atoms with van der Waals surface area (Å²) in [4.78, 5) is 32.2. The average Bonchev–Trinajstić information content (AvgIpc) is 2.78. The summed E-state index contributed by atoms with van der Waals surface area (Å²) >= 11 is 1.42. The highest BCUT2D eigenvalue weighted by Crippen LogP contribution is 2.22. The summed E-state index contributed by atoms with van der Waals surface area (Å²) in [5.41, 5.74) is 0.900. The van der Waals surface area contributed by atoms with Crippen molar-refractivity contribution >= 4 is 23.6 Å². The van der Waals surface area contributed by atoms with Gasteiger partial charge in [0, 0.05) is 11.9 Å². The summed E-state index contributed by atoms with van der Waals surface area (Å²) in [5.74, 6) is -0.565. The molecule has 7 heteroatoms. The van der Waals surface area contributed by atoms with E-state index in [0.717, 1.165) is 0 Å². The van der Waals surface area contributed by atoms with Crippen molar-refractivity contribution in [1.82, 2.24) is 14.9 Å².